The average molecular weight is 261 g/mol. The monoisotopic (exact) mass is 260 g/mol. The molecule has 0 spiro atoms. The highest BCUT2D eigenvalue weighted by atomic mass is 79.9. The average Bonchev–Trinajstić information content (AvgIpc) is 2.10. The van der Waals surface area contributed by atoms with Crippen LogP contribution in [0.5, 0.6) is 11.5 Å². The van der Waals surface area contributed by atoms with Crippen molar-refractivity contribution in [3.63, 3.8) is 0 Å². The highest BCUT2D eigenvalue weighted by Gasteiger charge is 2.07. The molecule has 0 aliphatic rings. The summed E-state index contributed by atoms with van der Waals surface area (Å²) in [6, 6.07) is 2.93. The first-order valence-corrected chi connectivity index (χ1v) is 4.72. The van der Waals surface area contributed by atoms with Crippen molar-refractivity contribution in [2.45, 2.75) is 12.8 Å². The van der Waals surface area contributed by atoms with Crippen LogP contribution in [0.15, 0.2) is 16.6 Å². The van der Waals surface area contributed by atoms with E-state index in [1.807, 2.05) is 0 Å². The molecule has 0 radical (unpaired) electrons. The van der Waals surface area contributed by atoms with Crippen molar-refractivity contribution >= 4 is 21.9 Å². The zero-order chi connectivity index (χ0) is 10.7. The number of phenolic OH excluding ortho intramolecular Hbond substituents is 2. The van der Waals surface area contributed by atoms with Crippen LogP contribution in [0.25, 0.3) is 0 Å². The lowest BCUT2D eigenvalue weighted by molar-refractivity contribution is -0.136. The Labute approximate surface area is 88.9 Å². The first-order chi connectivity index (χ1) is 6.50. The number of hydrogen-bond acceptors (Lipinski definition) is 3. The number of rotatable bonds is 3. The van der Waals surface area contributed by atoms with Crippen LogP contribution < -0.4 is 0 Å². The number of benzene rings is 1. The van der Waals surface area contributed by atoms with E-state index >= 15 is 0 Å². The molecule has 0 aliphatic carbocycles. The lowest BCUT2D eigenvalue weighted by atomic mass is 10.1. The molecule has 1 aromatic rings. The van der Waals surface area contributed by atoms with Gasteiger partial charge in [-0.15, -0.1) is 0 Å². The third-order valence-corrected chi connectivity index (χ3v) is 2.34. The SMILES string of the molecule is O=C(O)CCc1cc(O)c(O)c(Br)c1. The molecule has 3 N–H and O–H groups in total. The first-order valence-electron chi connectivity index (χ1n) is 3.93. The number of aryl methyl sites for hydroxylation is 1. The molecule has 0 saturated heterocycles. The van der Waals surface area contributed by atoms with Gasteiger partial charge in [0, 0.05) is 6.42 Å². The summed E-state index contributed by atoms with van der Waals surface area (Å²) in [7, 11) is 0. The van der Waals surface area contributed by atoms with E-state index in [0.29, 0.717) is 16.5 Å². The molecule has 14 heavy (non-hydrogen) atoms. The van der Waals surface area contributed by atoms with E-state index in [1.165, 1.54) is 6.07 Å². The summed E-state index contributed by atoms with van der Waals surface area (Å²) in [4.78, 5) is 10.3. The molecule has 4 nitrogen and oxygen atoms in total. The topological polar surface area (TPSA) is 77.8 Å². The Balaban J connectivity index is 2.84. The maximum atomic E-state index is 10.3. The Kier molecular flexibility index (Phi) is 3.35. The van der Waals surface area contributed by atoms with Crippen LogP contribution >= 0.6 is 15.9 Å². The minimum atomic E-state index is -0.895. The van der Waals surface area contributed by atoms with E-state index in [9.17, 15) is 15.0 Å². The number of hydrogen-bond donors (Lipinski definition) is 3. The zero-order valence-corrected chi connectivity index (χ0v) is 8.78. The van der Waals surface area contributed by atoms with E-state index in [4.69, 9.17) is 5.11 Å². The number of phenols is 2. The molecule has 0 atom stereocenters. The number of carboxylic acids is 1. The molecule has 5 heteroatoms. The lowest BCUT2D eigenvalue weighted by Gasteiger charge is -2.04. The second-order valence-corrected chi connectivity index (χ2v) is 3.69. The van der Waals surface area contributed by atoms with Gasteiger partial charge in [-0.1, -0.05) is 0 Å². The van der Waals surface area contributed by atoms with Gasteiger partial charge in [-0.3, -0.25) is 4.79 Å². The highest BCUT2D eigenvalue weighted by molar-refractivity contribution is 9.10. The summed E-state index contributed by atoms with van der Waals surface area (Å²) in [5, 5.41) is 26.9. The molecule has 0 fully saturated rings. The van der Waals surface area contributed by atoms with Crippen LogP contribution in [0.1, 0.15) is 12.0 Å². The predicted octanol–water partition coefficient (Wildman–Crippen LogP) is 1.88. The summed E-state index contributed by atoms with van der Waals surface area (Å²) in [6.45, 7) is 0. The van der Waals surface area contributed by atoms with Gasteiger partial charge in [0.25, 0.3) is 0 Å². The van der Waals surface area contributed by atoms with Crippen LogP contribution in [-0.2, 0) is 11.2 Å². The van der Waals surface area contributed by atoms with Crippen molar-refractivity contribution < 1.29 is 20.1 Å². The van der Waals surface area contributed by atoms with Crippen molar-refractivity contribution in [2.24, 2.45) is 0 Å². The second kappa shape index (κ2) is 4.32. The van der Waals surface area contributed by atoms with Crippen molar-refractivity contribution in [2.75, 3.05) is 0 Å². The molecule has 0 amide bonds. The quantitative estimate of drug-likeness (QED) is 0.726. The summed E-state index contributed by atoms with van der Waals surface area (Å²) in [5.41, 5.74) is 0.662. The third kappa shape index (κ3) is 2.63. The van der Waals surface area contributed by atoms with E-state index in [-0.39, 0.29) is 17.9 Å². The third-order valence-electron chi connectivity index (χ3n) is 1.73. The summed E-state index contributed by atoms with van der Waals surface area (Å²) < 4.78 is 0.359. The van der Waals surface area contributed by atoms with Gasteiger partial charge in [0.2, 0.25) is 0 Å². The molecule has 0 aliphatic heterocycles. The van der Waals surface area contributed by atoms with E-state index < -0.39 is 5.97 Å². The van der Waals surface area contributed by atoms with Gasteiger partial charge in [-0.05, 0) is 40.0 Å². The van der Waals surface area contributed by atoms with Gasteiger partial charge in [-0.2, -0.15) is 0 Å². The number of halogens is 1. The minimum Gasteiger partial charge on any atom is -0.504 e. The van der Waals surface area contributed by atoms with Crippen LogP contribution in [-0.4, -0.2) is 21.3 Å². The van der Waals surface area contributed by atoms with E-state index in [2.05, 4.69) is 15.9 Å². The Hall–Kier alpha value is -1.23. The molecular formula is C9H9BrO4. The van der Waals surface area contributed by atoms with Crippen molar-refractivity contribution in [1.82, 2.24) is 0 Å². The molecule has 1 rings (SSSR count). The Morgan fingerprint density at radius 1 is 1.36 bits per heavy atom. The van der Waals surface area contributed by atoms with Crippen LogP contribution in [0.4, 0.5) is 0 Å². The normalized spacial score (nSPS) is 10.1. The van der Waals surface area contributed by atoms with E-state index in [1.54, 1.807) is 6.07 Å². The van der Waals surface area contributed by atoms with E-state index in [0.717, 1.165) is 0 Å². The van der Waals surface area contributed by atoms with Crippen LogP contribution in [0.3, 0.4) is 0 Å². The number of carboxylic acid groups (broad SMARTS) is 1. The molecule has 0 unspecified atom stereocenters. The predicted molar refractivity (Wildman–Crippen MR) is 53.4 cm³/mol. The van der Waals surface area contributed by atoms with Gasteiger partial charge >= 0.3 is 5.97 Å². The second-order valence-electron chi connectivity index (χ2n) is 2.84. The van der Waals surface area contributed by atoms with Crippen LogP contribution in [0.2, 0.25) is 0 Å². The van der Waals surface area contributed by atoms with Gasteiger partial charge in [0.1, 0.15) is 0 Å². The van der Waals surface area contributed by atoms with Gasteiger partial charge in [0.15, 0.2) is 11.5 Å². The Bertz CT molecular complexity index is 339. The Morgan fingerprint density at radius 2 is 2.00 bits per heavy atom. The molecular weight excluding hydrogens is 252 g/mol. The molecule has 0 saturated carbocycles. The summed E-state index contributed by atoms with van der Waals surface area (Å²) in [6.07, 6.45) is 0.318. The largest absolute Gasteiger partial charge is 0.504 e. The zero-order valence-electron chi connectivity index (χ0n) is 7.20. The Morgan fingerprint density at radius 3 is 2.50 bits per heavy atom. The molecule has 1 aromatic carbocycles. The number of carbonyl (C=O) groups is 1. The standard InChI is InChI=1S/C9H9BrO4/c10-6-3-5(1-2-8(12)13)4-7(11)9(6)14/h3-4,11,14H,1-2H2,(H,12,13). The number of aromatic hydroxyl groups is 2. The first kappa shape index (κ1) is 10.8. The molecule has 76 valence electrons. The summed E-state index contributed by atoms with van der Waals surface area (Å²) >= 11 is 3.05. The van der Waals surface area contributed by atoms with Crippen molar-refractivity contribution in [1.29, 1.82) is 0 Å². The summed E-state index contributed by atoms with van der Waals surface area (Å²) in [5.74, 6) is -1.38. The lowest BCUT2D eigenvalue weighted by Crippen LogP contribution is -1.97. The van der Waals surface area contributed by atoms with Crippen molar-refractivity contribution in [3.05, 3.63) is 22.2 Å². The molecule has 0 aromatic heterocycles. The van der Waals surface area contributed by atoms with Crippen molar-refractivity contribution in [3.8, 4) is 11.5 Å². The fourth-order valence-corrected chi connectivity index (χ4v) is 1.53. The fraction of sp³-hybridized carbons (Fsp3) is 0.222. The molecule has 0 bridgehead atoms. The van der Waals surface area contributed by atoms with Gasteiger partial charge in [0.05, 0.1) is 4.47 Å². The maximum Gasteiger partial charge on any atom is 0.303 e. The van der Waals surface area contributed by atoms with Gasteiger partial charge in [-0.25, -0.2) is 0 Å². The smallest absolute Gasteiger partial charge is 0.303 e. The molecule has 0 heterocycles. The van der Waals surface area contributed by atoms with Crippen LogP contribution in [0, 0.1) is 0 Å². The number of aliphatic carboxylic acids is 1. The van der Waals surface area contributed by atoms with Gasteiger partial charge < -0.3 is 15.3 Å². The minimum absolute atomic E-state index is 0.00332. The highest BCUT2D eigenvalue weighted by Crippen LogP contribution is 2.34. The fourth-order valence-electron chi connectivity index (χ4n) is 1.03. The maximum absolute atomic E-state index is 10.3.